The monoisotopic (exact) mass is 486 g/mol. The van der Waals surface area contributed by atoms with E-state index >= 15 is 0 Å². The Bertz CT molecular complexity index is 1150. The number of amides is 3. The Balaban J connectivity index is 1.65. The molecule has 1 atom stereocenters. The Kier molecular flexibility index (Phi) is 5.36. The van der Waals surface area contributed by atoms with Crippen LogP contribution in [-0.4, -0.2) is 51.3 Å². The van der Waals surface area contributed by atoms with Gasteiger partial charge < -0.3 is 14.8 Å². The van der Waals surface area contributed by atoms with Gasteiger partial charge in [-0.15, -0.1) is 5.10 Å². The third kappa shape index (κ3) is 3.61. The molecule has 4 rings (SSSR count). The van der Waals surface area contributed by atoms with Crippen LogP contribution in [0.5, 0.6) is 11.5 Å². The van der Waals surface area contributed by atoms with Crippen molar-refractivity contribution in [2.24, 2.45) is 0 Å². The highest BCUT2D eigenvalue weighted by molar-refractivity contribution is 9.10. The molecule has 0 aliphatic carbocycles. The molecule has 2 aromatic carbocycles. The molecule has 10 nitrogen and oxygen atoms in total. The minimum Gasteiger partial charge on any atom is -0.493 e. The Morgan fingerprint density at radius 2 is 1.87 bits per heavy atom. The second-order valence-corrected chi connectivity index (χ2v) is 7.90. The van der Waals surface area contributed by atoms with Crippen LogP contribution in [0.25, 0.3) is 5.69 Å². The number of hydrogen-bond acceptors (Lipinski definition) is 7. The number of halogens is 1. The average Bonchev–Trinajstić information content (AvgIpc) is 3.38. The SMILES string of the molecule is COc1cc(Br)c(CN2C(=O)NC(C)(c3cccc(-n4cnnn4)c3)C2=O)cc1OC. The van der Waals surface area contributed by atoms with Gasteiger partial charge in [0.1, 0.15) is 11.9 Å². The van der Waals surface area contributed by atoms with Crippen molar-refractivity contribution in [3.05, 3.63) is 58.3 Å². The number of ether oxygens (including phenoxy) is 2. The maximum absolute atomic E-state index is 13.4. The first-order valence-electron chi connectivity index (χ1n) is 9.26. The molecular formula is C20H19BrN6O4. The molecule has 1 unspecified atom stereocenters. The van der Waals surface area contributed by atoms with Gasteiger partial charge in [-0.25, -0.2) is 9.48 Å². The van der Waals surface area contributed by atoms with Crippen molar-refractivity contribution >= 4 is 27.9 Å². The maximum Gasteiger partial charge on any atom is 0.325 e. The van der Waals surface area contributed by atoms with E-state index in [4.69, 9.17) is 9.47 Å². The summed E-state index contributed by atoms with van der Waals surface area (Å²) in [5.74, 6) is 0.678. The first-order valence-corrected chi connectivity index (χ1v) is 10.0. The number of imide groups is 1. The zero-order chi connectivity index (χ0) is 22.2. The second kappa shape index (κ2) is 7.99. The standard InChI is InChI=1S/C20H19BrN6O4/c1-20(13-5-4-6-14(8-13)27-11-22-24-25-27)18(28)26(19(29)23-20)10-12-7-16(30-2)17(31-3)9-15(12)21/h4-9,11H,10H2,1-3H3,(H,23,29). The zero-order valence-corrected chi connectivity index (χ0v) is 18.6. The summed E-state index contributed by atoms with van der Waals surface area (Å²) in [5, 5.41) is 13.9. The molecule has 1 aromatic heterocycles. The molecule has 3 aromatic rings. The van der Waals surface area contributed by atoms with Crippen LogP contribution in [0.1, 0.15) is 18.1 Å². The van der Waals surface area contributed by atoms with Gasteiger partial charge in [-0.3, -0.25) is 9.69 Å². The van der Waals surface area contributed by atoms with Gasteiger partial charge in [0.25, 0.3) is 5.91 Å². The molecule has 1 aliphatic heterocycles. The van der Waals surface area contributed by atoms with Crippen LogP contribution in [-0.2, 0) is 16.9 Å². The Labute approximate surface area is 186 Å². The van der Waals surface area contributed by atoms with Crippen molar-refractivity contribution in [3.63, 3.8) is 0 Å². The van der Waals surface area contributed by atoms with Crippen molar-refractivity contribution in [2.75, 3.05) is 14.2 Å². The van der Waals surface area contributed by atoms with Crippen LogP contribution < -0.4 is 14.8 Å². The number of aromatic nitrogens is 4. The number of carbonyl (C=O) groups excluding carboxylic acids is 2. The summed E-state index contributed by atoms with van der Waals surface area (Å²) < 4.78 is 12.8. The number of rotatable bonds is 6. The summed E-state index contributed by atoms with van der Waals surface area (Å²) in [6.07, 6.45) is 1.46. The van der Waals surface area contributed by atoms with Crippen molar-refractivity contribution in [3.8, 4) is 17.2 Å². The maximum atomic E-state index is 13.4. The van der Waals surface area contributed by atoms with Gasteiger partial charge in [-0.05, 0) is 52.7 Å². The van der Waals surface area contributed by atoms with E-state index in [0.717, 1.165) is 0 Å². The third-order valence-electron chi connectivity index (χ3n) is 5.19. The van der Waals surface area contributed by atoms with E-state index in [1.807, 2.05) is 6.07 Å². The van der Waals surface area contributed by atoms with Crippen molar-refractivity contribution in [2.45, 2.75) is 19.0 Å². The lowest BCUT2D eigenvalue weighted by Gasteiger charge is -2.23. The number of benzene rings is 2. The number of urea groups is 1. The molecule has 2 heterocycles. The van der Waals surface area contributed by atoms with Gasteiger partial charge in [-0.1, -0.05) is 28.1 Å². The van der Waals surface area contributed by atoms with Crippen LogP contribution >= 0.6 is 15.9 Å². The molecule has 3 amide bonds. The zero-order valence-electron chi connectivity index (χ0n) is 17.0. The molecule has 1 saturated heterocycles. The Hall–Kier alpha value is -3.47. The lowest BCUT2D eigenvalue weighted by atomic mass is 9.91. The summed E-state index contributed by atoms with van der Waals surface area (Å²) >= 11 is 3.48. The number of nitrogens with zero attached hydrogens (tertiary/aromatic N) is 5. The molecule has 0 spiro atoms. The summed E-state index contributed by atoms with van der Waals surface area (Å²) in [6.45, 7) is 1.74. The highest BCUT2D eigenvalue weighted by Gasteiger charge is 2.49. The van der Waals surface area contributed by atoms with Crippen LogP contribution in [0.4, 0.5) is 4.79 Å². The molecule has 31 heavy (non-hydrogen) atoms. The van der Waals surface area contributed by atoms with E-state index in [-0.39, 0.29) is 12.5 Å². The van der Waals surface area contributed by atoms with E-state index in [1.165, 1.54) is 30.1 Å². The number of methoxy groups -OCH3 is 2. The van der Waals surface area contributed by atoms with E-state index in [0.29, 0.717) is 32.8 Å². The fourth-order valence-corrected chi connectivity index (χ4v) is 3.91. The summed E-state index contributed by atoms with van der Waals surface area (Å²) in [4.78, 5) is 27.3. The van der Waals surface area contributed by atoms with Gasteiger partial charge >= 0.3 is 6.03 Å². The minimum absolute atomic E-state index is 0.0634. The fraction of sp³-hybridized carbons (Fsp3) is 0.250. The molecule has 1 N–H and O–H groups in total. The molecular weight excluding hydrogens is 468 g/mol. The lowest BCUT2D eigenvalue weighted by molar-refractivity contribution is -0.131. The second-order valence-electron chi connectivity index (χ2n) is 7.05. The van der Waals surface area contributed by atoms with Gasteiger partial charge in [0.15, 0.2) is 11.5 Å². The van der Waals surface area contributed by atoms with Crippen LogP contribution in [0, 0.1) is 0 Å². The Morgan fingerprint density at radius 3 is 2.55 bits per heavy atom. The average molecular weight is 487 g/mol. The Morgan fingerprint density at radius 1 is 1.13 bits per heavy atom. The van der Waals surface area contributed by atoms with Crippen molar-refractivity contribution < 1.29 is 19.1 Å². The van der Waals surface area contributed by atoms with Gasteiger partial charge in [-0.2, -0.15) is 0 Å². The van der Waals surface area contributed by atoms with Crippen molar-refractivity contribution in [1.82, 2.24) is 30.4 Å². The van der Waals surface area contributed by atoms with Crippen LogP contribution in [0.2, 0.25) is 0 Å². The highest BCUT2D eigenvalue weighted by atomic mass is 79.9. The summed E-state index contributed by atoms with van der Waals surface area (Å²) in [7, 11) is 3.06. The quantitative estimate of drug-likeness (QED) is 0.532. The normalized spacial score (nSPS) is 18.3. The largest absolute Gasteiger partial charge is 0.493 e. The molecule has 1 aliphatic rings. The highest BCUT2D eigenvalue weighted by Crippen LogP contribution is 2.36. The van der Waals surface area contributed by atoms with E-state index in [9.17, 15) is 9.59 Å². The van der Waals surface area contributed by atoms with Gasteiger partial charge in [0.2, 0.25) is 0 Å². The minimum atomic E-state index is -1.23. The predicted octanol–water partition coefficient (Wildman–Crippen LogP) is 2.41. The topological polar surface area (TPSA) is 111 Å². The smallest absolute Gasteiger partial charge is 0.325 e. The van der Waals surface area contributed by atoms with Gasteiger partial charge in [0, 0.05) is 4.47 Å². The molecule has 0 saturated carbocycles. The number of carbonyl (C=O) groups is 2. The summed E-state index contributed by atoms with van der Waals surface area (Å²) in [6, 6.07) is 10.1. The number of tetrazole rings is 1. The van der Waals surface area contributed by atoms with Crippen LogP contribution in [0.3, 0.4) is 0 Å². The van der Waals surface area contributed by atoms with Crippen LogP contribution in [0.15, 0.2) is 47.2 Å². The molecule has 1 fully saturated rings. The fourth-order valence-electron chi connectivity index (χ4n) is 3.46. The van der Waals surface area contributed by atoms with Crippen molar-refractivity contribution in [1.29, 1.82) is 0 Å². The lowest BCUT2D eigenvalue weighted by Crippen LogP contribution is -2.40. The third-order valence-corrected chi connectivity index (χ3v) is 5.93. The molecule has 0 bridgehead atoms. The molecule has 11 heteroatoms. The summed E-state index contributed by atoms with van der Waals surface area (Å²) in [5.41, 5.74) is 0.761. The number of nitrogens with one attached hydrogen (secondary N) is 1. The first-order chi connectivity index (χ1) is 14.9. The molecule has 160 valence electrons. The van der Waals surface area contributed by atoms with Gasteiger partial charge in [0.05, 0.1) is 26.5 Å². The van der Waals surface area contributed by atoms with E-state index in [1.54, 1.807) is 37.3 Å². The van der Waals surface area contributed by atoms with E-state index < -0.39 is 11.6 Å². The number of hydrogen-bond donors (Lipinski definition) is 1. The first kappa shape index (κ1) is 20.8. The van der Waals surface area contributed by atoms with E-state index in [2.05, 4.69) is 36.8 Å². The molecule has 0 radical (unpaired) electrons. The predicted molar refractivity (Wildman–Crippen MR) is 113 cm³/mol.